The Morgan fingerprint density at radius 3 is 2.50 bits per heavy atom. The lowest BCUT2D eigenvalue weighted by Crippen LogP contribution is -2.00. The van der Waals surface area contributed by atoms with E-state index in [9.17, 15) is 13.6 Å². The van der Waals surface area contributed by atoms with Crippen LogP contribution in [0.1, 0.15) is 22.5 Å². The van der Waals surface area contributed by atoms with Crippen LogP contribution in [0.4, 0.5) is 8.78 Å². The lowest BCUT2D eigenvalue weighted by Gasteiger charge is -2.06. The minimum Gasteiger partial charge on any atom is -0.276 e. The normalized spacial score (nSPS) is 10.7. The molecule has 0 bridgehead atoms. The molecular formula is C7H2Br2ClF2NO. The van der Waals surface area contributed by atoms with Crippen molar-refractivity contribution in [2.75, 3.05) is 0 Å². The van der Waals surface area contributed by atoms with Gasteiger partial charge in [-0.3, -0.25) is 9.78 Å². The molecule has 0 saturated heterocycles. The molecule has 0 aliphatic rings. The smallest absolute Gasteiger partial charge is 0.276 e. The number of halogens is 5. The fourth-order valence-corrected chi connectivity index (χ4v) is 2.65. The molecule has 0 saturated carbocycles. The van der Waals surface area contributed by atoms with Crippen molar-refractivity contribution in [2.45, 2.75) is 6.43 Å². The lowest BCUT2D eigenvalue weighted by atomic mass is 10.2. The van der Waals surface area contributed by atoms with Crippen LogP contribution in [0.5, 0.6) is 0 Å². The standard InChI is InChI=1S/C7H2Br2ClF2NO/c8-2-1-13-5(7(11)12)4(9)3(2)6(10)14/h1,7H. The second-order valence-corrected chi connectivity index (χ2v) is 4.25. The highest BCUT2D eigenvalue weighted by molar-refractivity contribution is 9.11. The van der Waals surface area contributed by atoms with Crippen LogP contribution in [-0.2, 0) is 0 Å². The maximum Gasteiger partial charge on any atom is 0.281 e. The van der Waals surface area contributed by atoms with Crippen LogP contribution in [-0.4, -0.2) is 10.2 Å². The van der Waals surface area contributed by atoms with E-state index in [1.165, 1.54) is 0 Å². The number of carbonyl (C=O) groups excluding carboxylic acids is 1. The third-order valence-electron chi connectivity index (χ3n) is 1.40. The molecule has 76 valence electrons. The molecule has 1 heterocycles. The van der Waals surface area contributed by atoms with Crippen LogP contribution in [0.25, 0.3) is 0 Å². The predicted molar refractivity (Wildman–Crippen MR) is 54.8 cm³/mol. The van der Waals surface area contributed by atoms with E-state index >= 15 is 0 Å². The summed E-state index contributed by atoms with van der Waals surface area (Å²) >= 11 is 11.1. The Balaban J connectivity index is 3.41. The number of nitrogens with zero attached hydrogens (tertiary/aromatic N) is 1. The van der Waals surface area contributed by atoms with Gasteiger partial charge in [-0.2, -0.15) is 0 Å². The summed E-state index contributed by atoms with van der Waals surface area (Å²) in [6.45, 7) is 0. The summed E-state index contributed by atoms with van der Waals surface area (Å²) in [6, 6.07) is 0. The van der Waals surface area contributed by atoms with Gasteiger partial charge in [0, 0.05) is 10.7 Å². The third-order valence-corrected chi connectivity index (χ3v) is 3.00. The van der Waals surface area contributed by atoms with Gasteiger partial charge in [0.05, 0.1) is 10.0 Å². The van der Waals surface area contributed by atoms with Gasteiger partial charge in [-0.05, 0) is 43.5 Å². The summed E-state index contributed by atoms with van der Waals surface area (Å²) in [6.07, 6.45) is -1.64. The first-order chi connectivity index (χ1) is 6.45. The van der Waals surface area contributed by atoms with Crippen molar-refractivity contribution in [2.24, 2.45) is 0 Å². The molecule has 1 aromatic heterocycles. The molecule has 0 amide bonds. The van der Waals surface area contributed by atoms with Gasteiger partial charge in [0.2, 0.25) is 0 Å². The quantitative estimate of drug-likeness (QED) is 0.758. The maximum absolute atomic E-state index is 12.3. The zero-order chi connectivity index (χ0) is 10.9. The van der Waals surface area contributed by atoms with Gasteiger partial charge in [-0.25, -0.2) is 8.78 Å². The largest absolute Gasteiger partial charge is 0.281 e. The van der Waals surface area contributed by atoms with Crippen LogP contribution in [0, 0.1) is 0 Å². The molecule has 1 rings (SSSR count). The number of aromatic nitrogens is 1. The summed E-state index contributed by atoms with van der Waals surface area (Å²) < 4.78 is 24.9. The number of pyridine rings is 1. The average molecular weight is 349 g/mol. The molecule has 0 fully saturated rings. The molecule has 0 aliphatic heterocycles. The van der Waals surface area contributed by atoms with E-state index in [0.717, 1.165) is 6.20 Å². The van der Waals surface area contributed by atoms with Gasteiger partial charge < -0.3 is 0 Å². The Hall–Kier alpha value is -0.0700. The Labute approximate surface area is 99.9 Å². The first-order valence-corrected chi connectivity index (χ1v) is 5.23. The summed E-state index contributed by atoms with van der Waals surface area (Å²) in [4.78, 5) is 14.4. The number of hydrogen-bond donors (Lipinski definition) is 0. The number of hydrogen-bond acceptors (Lipinski definition) is 2. The summed E-state index contributed by atoms with van der Waals surface area (Å²) in [5, 5.41) is -0.826. The zero-order valence-corrected chi connectivity index (χ0v) is 10.3. The molecule has 0 radical (unpaired) electrons. The van der Waals surface area contributed by atoms with E-state index in [4.69, 9.17) is 11.6 Å². The van der Waals surface area contributed by atoms with Gasteiger partial charge in [0.25, 0.3) is 11.7 Å². The third kappa shape index (κ3) is 2.29. The van der Waals surface area contributed by atoms with E-state index < -0.39 is 17.4 Å². The van der Waals surface area contributed by atoms with Gasteiger partial charge in [-0.15, -0.1) is 0 Å². The second-order valence-electron chi connectivity index (χ2n) is 2.25. The summed E-state index contributed by atoms with van der Waals surface area (Å²) in [7, 11) is 0. The van der Waals surface area contributed by atoms with E-state index in [1.54, 1.807) is 0 Å². The van der Waals surface area contributed by atoms with Crippen LogP contribution < -0.4 is 0 Å². The minimum atomic E-state index is -2.76. The molecule has 1 aromatic rings. The molecule has 2 nitrogen and oxygen atoms in total. The van der Waals surface area contributed by atoms with Crippen molar-refractivity contribution in [3.05, 3.63) is 26.4 Å². The molecule has 0 aromatic carbocycles. The monoisotopic (exact) mass is 347 g/mol. The van der Waals surface area contributed by atoms with Crippen molar-refractivity contribution >= 4 is 48.7 Å². The van der Waals surface area contributed by atoms with Gasteiger partial charge in [0.1, 0.15) is 5.69 Å². The number of rotatable bonds is 2. The van der Waals surface area contributed by atoms with Gasteiger partial charge >= 0.3 is 0 Å². The van der Waals surface area contributed by atoms with Crippen LogP contribution in [0.3, 0.4) is 0 Å². The SMILES string of the molecule is O=C(Cl)c1c(Br)cnc(C(F)F)c1Br. The van der Waals surface area contributed by atoms with E-state index in [-0.39, 0.29) is 14.5 Å². The second kappa shape index (κ2) is 4.63. The highest BCUT2D eigenvalue weighted by atomic mass is 79.9. The summed E-state index contributed by atoms with van der Waals surface area (Å²) in [5.41, 5.74) is -0.547. The topological polar surface area (TPSA) is 30.0 Å². The van der Waals surface area contributed by atoms with E-state index in [0.29, 0.717) is 0 Å². The summed E-state index contributed by atoms with van der Waals surface area (Å²) in [5.74, 6) is 0. The van der Waals surface area contributed by atoms with Crippen LogP contribution in [0.2, 0.25) is 0 Å². The molecule has 0 spiro atoms. The average Bonchev–Trinajstić information content (AvgIpc) is 2.02. The minimum absolute atomic E-state index is 0.0445. The van der Waals surface area contributed by atoms with E-state index in [2.05, 4.69) is 36.8 Å². The molecular weight excluding hydrogens is 347 g/mol. The molecule has 14 heavy (non-hydrogen) atoms. The van der Waals surface area contributed by atoms with Crippen molar-refractivity contribution in [3.63, 3.8) is 0 Å². The number of alkyl halides is 2. The first kappa shape index (κ1) is 12.0. The molecule has 0 atom stereocenters. The Morgan fingerprint density at radius 1 is 1.50 bits per heavy atom. The highest BCUT2D eigenvalue weighted by Gasteiger charge is 2.21. The Kier molecular flexibility index (Phi) is 3.97. The lowest BCUT2D eigenvalue weighted by molar-refractivity contribution is 0.107. The van der Waals surface area contributed by atoms with Crippen molar-refractivity contribution in [1.82, 2.24) is 4.98 Å². The van der Waals surface area contributed by atoms with Crippen LogP contribution >= 0.6 is 43.5 Å². The Morgan fingerprint density at radius 2 is 2.07 bits per heavy atom. The highest BCUT2D eigenvalue weighted by Crippen LogP contribution is 2.33. The Bertz CT molecular complexity index is 386. The maximum atomic E-state index is 12.3. The van der Waals surface area contributed by atoms with Crippen molar-refractivity contribution < 1.29 is 13.6 Å². The fourth-order valence-electron chi connectivity index (χ4n) is 0.813. The first-order valence-electron chi connectivity index (χ1n) is 3.27. The molecule has 0 N–H and O–H groups in total. The van der Waals surface area contributed by atoms with Gasteiger partial charge in [0.15, 0.2) is 0 Å². The van der Waals surface area contributed by atoms with Gasteiger partial charge in [-0.1, -0.05) is 0 Å². The van der Waals surface area contributed by atoms with Crippen LogP contribution in [0.15, 0.2) is 15.1 Å². The predicted octanol–water partition coefficient (Wildman–Crippen LogP) is 3.92. The van der Waals surface area contributed by atoms with Crippen molar-refractivity contribution in [3.8, 4) is 0 Å². The fraction of sp³-hybridized carbons (Fsp3) is 0.143. The number of carbonyl (C=O) groups is 1. The van der Waals surface area contributed by atoms with Crippen molar-refractivity contribution in [1.29, 1.82) is 0 Å². The molecule has 0 unspecified atom stereocenters. The van der Waals surface area contributed by atoms with E-state index in [1.807, 2.05) is 0 Å². The molecule has 7 heteroatoms. The molecule has 0 aliphatic carbocycles. The zero-order valence-electron chi connectivity index (χ0n) is 6.40.